The van der Waals surface area contributed by atoms with Crippen molar-refractivity contribution in [1.82, 2.24) is 36.4 Å². The van der Waals surface area contributed by atoms with E-state index < -0.39 is 77.0 Å². The highest BCUT2D eigenvalue weighted by molar-refractivity contribution is 7.13. The van der Waals surface area contributed by atoms with Crippen molar-refractivity contribution in [2.45, 2.75) is 156 Å². The van der Waals surface area contributed by atoms with Gasteiger partial charge in [-0.1, -0.05) is 80.1 Å². The number of amides is 8. The molecule has 12 N–H and O–H groups in total. The Balaban J connectivity index is 0.000000667. The molecule has 8 amide bonds. The third-order valence-corrected chi connectivity index (χ3v) is 11.9. The number of nitrogens with two attached hydrogens (primary N) is 2. The minimum absolute atomic E-state index is 0.105. The summed E-state index contributed by atoms with van der Waals surface area (Å²) < 4.78 is 0. The maximum atomic E-state index is 13.6. The number of anilines is 1. The Kier molecular flexibility index (Phi) is 27.1. The smallest absolute Gasteiger partial charge is 0.404 e. The minimum atomic E-state index is -1.11. The number of nitrogens with zero attached hydrogens (tertiary/aromatic N) is 3. The van der Waals surface area contributed by atoms with Crippen molar-refractivity contribution in [3.63, 3.8) is 0 Å². The molecule has 22 heteroatoms. The van der Waals surface area contributed by atoms with E-state index in [1.54, 1.807) is 32.3 Å². The first kappa shape index (κ1) is 58.1. The Bertz CT molecular complexity index is 1640. The number of nitrogens with one attached hydrogen (secondary N) is 5. The van der Waals surface area contributed by atoms with E-state index in [1.807, 2.05) is 20.8 Å². The van der Waals surface area contributed by atoms with Crippen LogP contribution in [-0.4, -0.2) is 122 Å². The van der Waals surface area contributed by atoms with Gasteiger partial charge < -0.3 is 42.7 Å². The van der Waals surface area contributed by atoms with Crippen molar-refractivity contribution in [1.29, 1.82) is 0 Å². The van der Waals surface area contributed by atoms with Gasteiger partial charge in [0, 0.05) is 43.5 Å². The molecule has 1 heterocycles. The number of aromatic nitrogens is 1. The molecule has 21 nitrogen and oxygen atoms in total. The summed E-state index contributed by atoms with van der Waals surface area (Å²) in [6.07, 6.45) is 9.30. The second-order valence-corrected chi connectivity index (χ2v) is 19.0. The molecule has 0 aliphatic heterocycles. The second-order valence-electron chi connectivity index (χ2n) is 18.1. The summed E-state index contributed by atoms with van der Waals surface area (Å²) in [6, 6.07) is -3.41. The molecule has 0 radical (unpaired) electrons. The number of thiazole rings is 1. The molecule has 2 rings (SSSR count). The summed E-state index contributed by atoms with van der Waals surface area (Å²) in [5, 5.41) is 41.2. The molecule has 1 aromatic rings. The standard InChI is InChI=1S/C24H39N5O6S.C19H37N5O5/c1-2-8-20(29(35)16-30)18(15-17-9-4-3-5-10-17)21(31)27-19(11-6-7-12-26-24(33)34)22(32)28-23-25-13-14-36-23;1-11(2)9-13(10-14(25)23-29)17(27)22-15(19(4,5)6)18(28)24(8-7-20)12(3)16(21)26/h13-14,16-20,26,35H,2-12,15H2,1H3,(H,27,31)(H,33,34)(H,25,28,32);11-13,15,29H,7-10,20H2,1-6H3,(H2,21,26)(H,22,27)(H,23,25)/t18-,19+,20+;12-,13+,15+/m10/s1. The molecule has 0 aromatic carbocycles. The number of carbonyl (C=O) groups is 8. The van der Waals surface area contributed by atoms with Crippen molar-refractivity contribution in [3.8, 4) is 0 Å². The van der Waals surface area contributed by atoms with Crippen LogP contribution >= 0.6 is 11.3 Å². The van der Waals surface area contributed by atoms with E-state index >= 15 is 0 Å². The summed E-state index contributed by atoms with van der Waals surface area (Å²) >= 11 is 1.26. The molecule has 1 aliphatic carbocycles. The van der Waals surface area contributed by atoms with Crippen LogP contribution in [0.15, 0.2) is 11.6 Å². The van der Waals surface area contributed by atoms with E-state index in [2.05, 4.69) is 26.3 Å². The molecule has 0 saturated heterocycles. The van der Waals surface area contributed by atoms with Gasteiger partial charge in [-0.15, -0.1) is 11.3 Å². The molecule has 1 saturated carbocycles. The summed E-state index contributed by atoms with van der Waals surface area (Å²) in [6.45, 7) is 13.1. The Morgan fingerprint density at radius 2 is 1.65 bits per heavy atom. The average Bonchev–Trinajstić information content (AvgIpc) is 3.77. The van der Waals surface area contributed by atoms with Gasteiger partial charge in [-0.05, 0) is 62.7 Å². The number of hydrogen-bond acceptors (Lipinski definition) is 13. The predicted molar refractivity (Wildman–Crippen MR) is 244 cm³/mol. The Hall–Kier alpha value is -4.93. The van der Waals surface area contributed by atoms with E-state index in [-0.39, 0.29) is 37.9 Å². The van der Waals surface area contributed by atoms with Crippen LogP contribution < -0.4 is 38.2 Å². The highest BCUT2D eigenvalue weighted by atomic mass is 32.1. The lowest BCUT2D eigenvalue weighted by molar-refractivity contribution is -0.170. The first-order chi connectivity index (χ1) is 30.6. The lowest BCUT2D eigenvalue weighted by atomic mass is 9.79. The van der Waals surface area contributed by atoms with Gasteiger partial charge in [-0.3, -0.25) is 44.0 Å². The van der Waals surface area contributed by atoms with Gasteiger partial charge in [0.25, 0.3) is 0 Å². The highest BCUT2D eigenvalue weighted by Crippen LogP contribution is 2.32. The average molecular weight is 941 g/mol. The van der Waals surface area contributed by atoms with Gasteiger partial charge in [-0.25, -0.2) is 20.3 Å². The van der Waals surface area contributed by atoms with Gasteiger partial charge >= 0.3 is 6.09 Å². The monoisotopic (exact) mass is 941 g/mol. The quantitative estimate of drug-likeness (QED) is 0.0262. The minimum Gasteiger partial charge on any atom is -0.465 e. The number of carboxylic acid groups (broad SMARTS) is 1. The van der Waals surface area contributed by atoms with Crippen LogP contribution in [0.4, 0.5) is 9.93 Å². The Morgan fingerprint density at radius 1 is 0.985 bits per heavy atom. The van der Waals surface area contributed by atoms with Gasteiger partial charge in [-0.2, -0.15) is 0 Å². The summed E-state index contributed by atoms with van der Waals surface area (Å²) in [4.78, 5) is 103. The number of hydrogen-bond donors (Lipinski definition) is 10. The Labute approximate surface area is 386 Å². The van der Waals surface area contributed by atoms with Gasteiger partial charge in [0.05, 0.1) is 12.0 Å². The third kappa shape index (κ3) is 21.7. The zero-order valence-corrected chi connectivity index (χ0v) is 40.0. The highest BCUT2D eigenvalue weighted by Gasteiger charge is 2.40. The molecule has 0 bridgehead atoms. The SMILES string of the molecule is CC(C)C[C@H](CC(=O)NO)C(=O)N[C@H](C(=O)N(CCN)[C@@H](C)C(N)=O)C(C)(C)C.CCC[C@@H]([C@@H](CC1CCCCC1)C(=O)N[C@@H](CCCCNC(=O)O)C(=O)Nc1nccs1)N(O)C=O. The van der Waals surface area contributed by atoms with Crippen LogP contribution in [0.1, 0.15) is 132 Å². The lowest BCUT2D eigenvalue weighted by Crippen LogP contribution is -2.59. The number of carbonyl (C=O) groups excluding carboxylic acids is 7. The third-order valence-electron chi connectivity index (χ3n) is 11.3. The first-order valence-corrected chi connectivity index (χ1v) is 23.4. The molecular formula is C43H76N10O11S. The number of hydroxylamine groups is 3. The van der Waals surface area contributed by atoms with E-state index in [4.69, 9.17) is 21.8 Å². The molecule has 65 heavy (non-hydrogen) atoms. The molecule has 370 valence electrons. The van der Waals surface area contributed by atoms with Crippen LogP contribution in [0, 0.1) is 29.1 Å². The van der Waals surface area contributed by atoms with E-state index in [9.17, 15) is 43.6 Å². The fourth-order valence-corrected chi connectivity index (χ4v) is 8.32. The fourth-order valence-electron chi connectivity index (χ4n) is 7.79. The van der Waals surface area contributed by atoms with Gasteiger partial charge in [0.2, 0.25) is 41.9 Å². The van der Waals surface area contributed by atoms with Gasteiger partial charge in [0.1, 0.15) is 18.1 Å². The molecular weight excluding hydrogens is 865 g/mol. The van der Waals surface area contributed by atoms with Crippen molar-refractivity contribution in [3.05, 3.63) is 11.6 Å². The number of primary amides is 1. The Morgan fingerprint density at radius 3 is 2.15 bits per heavy atom. The second kappa shape index (κ2) is 30.3. The largest absolute Gasteiger partial charge is 0.465 e. The van der Waals surface area contributed by atoms with Crippen molar-refractivity contribution in [2.24, 2.45) is 40.6 Å². The lowest BCUT2D eigenvalue weighted by Gasteiger charge is -2.37. The van der Waals surface area contributed by atoms with Crippen LogP contribution in [0.25, 0.3) is 0 Å². The van der Waals surface area contributed by atoms with Crippen molar-refractivity contribution in [2.75, 3.05) is 25.0 Å². The predicted octanol–water partition coefficient (Wildman–Crippen LogP) is 3.34. The number of rotatable bonds is 27. The first-order valence-electron chi connectivity index (χ1n) is 22.5. The zero-order valence-electron chi connectivity index (χ0n) is 39.2. The maximum absolute atomic E-state index is 13.6. The number of unbranched alkanes of at least 4 members (excludes halogenated alkanes) is 1. The van der Waals surface area contributed by atoms with Crippen LogP contribution in [-0.2, 0) is 33.6 Å². The topological polar surface area (TPSA) is 329 Å². The van der Waals surface area contributed by atoms with Crippen LogP contribution in [0.5, 0.6) is 0 Å². The van der Waals surface area contributed by atoms with E-state index in [0.29, 0.717) is 67.5 Å². The fraction of sp³-hybridized carbons (Fsp3) is 0.744. The molecule has 0 spiro atoms. The van der Waals surface area contributed by atoms with Crippen molar-refractivity contribution >= 4 is 64.4 Å². The normalized spacial score (nSPS) is 15.6. The van der Waals surface area contributed by atoms with Crippen molar-refractivity contribution < 1.29 is 53.9 Å². The zero-order chi connectivity index (χ0) is 49.3. The van der Waals surface area contributed by atoms with Crippen LogP contribution in [0.3, 0.4) is 0 Å². The molecule has 1 fully saturated rings. The van der Waals surface area contributed by atoms with E-state index in [0.717, 1.165) is 25.7 Å². The van der Waals surface area contributed by atoms with Gasteiger partial charge in [0.15, 0.2) is 5.13 Å². The summed E-state index contributed by atoms with van der Waals surface area (Å²) in [7, 11) is 0. The molecule has 1 aromatic heterocycles. The van der Waals surface area contributed by atoms with E-state index in [1.165, 1.54) is 35.1 Å². The summed E-state index contributed by atoms with van der Waals surface area (Å²) in [5.74, 6) is -4.05. The van der Waals surface area contributed by atoms with Crippen LogP contribution in [0.2, 0.25) is 0 Å². The molecule has 6 atom stereocenters. The molecule has 1 aliphatic rings. The maximum Gasteiger partial charge on any atom is 0.404 e. The molecule has 0 unspecified atom stereocenters. The summed E-state index contributed by atoms with van der Waals surface area (Å²) in [5.41, 5.74) is 11.8.